The number of nitrogens with one attached hydrogen (secondary N) is 2. The number of urea groups is 1. The summed E-state index contributed by atoms with van der Waals surface area (Å²) >= 11 is 0. The lowest BCUT2D eigenvalue weighted by Gasteiger charge is -2.13. The van der Waals surface area contributed by atoms with Crippen LogP contribution in [-0.4, -0.2) is 29.1 Å². The number of carboxylic acid groups (broad SMARTS) is 1. The van der Waals surface area contributed by atoms with Crippen LogP contribution in [-0.2, 0) is 16.1 Å². The second kappa shape index (κ2) is 7.49. The molecule has 5 N–H and O–H groups in total. The Morgan fingerprint density at radius 3 is 2.67 bits per heavy atom. The van der Waals surface area contributed by atoms with Crippen LogP contribution < -0.4 is 16.4 Å². The van der Waals surface area contributed by atoms with E-state index >= 15 is 0 Å². The van der Waals surface area contributed by atoms with Gasteiger partial charge in [-0.15, -0.1) is 0 Å². The summed E-state index contributed by atoms with van der Waals surface area (Å²) in [5, 5.41) is 22.1. The smallest absolute Gasteiger partial charge is 0.326 e. The van der Waals surface area contributed by atoms with Crippen LogP contribution in [0.2, 0.25) is 0 Å². The van der Waals surface area contributed by atoms with Crippen molar-refractivity contribution in [3.05, 3.63) is 35.4 Å². The number of carbonyl (C=O) groups is 3. The van der Waals surface area contributed by atoms with Gasteiger partial charge in [0.1, 0.15) is 6.04 Å². The van der Waals surface area contributed by atoms with Gasteiger partial charge in [-0.3, -0.25) is 4.79 Å². The third-order valence-electron chi connectivity index (χ3n) is 2.52. The van der Waals surface area contributed by atoms with Gasteiger partial charge in [-0.25, -0.2) is 9.59 Å². The molecule has 1 rings (SSSR count). The van der Waals surface area contributed by atoms with Gasteiger partial charge < -0.3 is 21.5 Å². The second-order valence-electron chi connectivity index (χ2n) is 4.20. The minimum atomic E-state index is -1.38. The first kappa shape index (κ1) is 16.0. The van der Waals surface area contributed by atoms with E-state index in [-0.39, 0.29) is 6.54 Å². The molecular formula is C13H14N4O4. The van der Waals surface area contributed by atoms with Crippen molar-refractivity contribution in [3.8, 4) is 6.07 Å². The third-order valence-corrected chi connectivity index (χ3v) is 2.52. The van der Waals surface area contributed by atoms with Crippen LogP contribution in [0.15, 0.2) is 24.3 Å². The number of rotatable bonds is 6. The van der Waals surface area contributed by atoms with Crippen LogP contribution >= 0.6 is 0 Å². The van der Waals surface area contributed by atoms with Gasteiger partial charge in [0.15, 0.2) is 0 Å². The zero-order chi connectivity index (χ0) is 15.8. The summed E-state index contributed by atoms with van der Waals surface area (Å²) in [7, 11) is 0. The second-order valence-corrected chi connectivity index (χ2v) is 4.20. The van der Waals surface area contributed by atoms with Crippen LogP contribution in [0, 0.1) is 11.3 Å². The van der Waals surface area contributed by atoms with Gasteiger partial charge in [-0.2, -0.15) is 5.26 Å². The van der Waals surface area contributed by atoms with Crippen LogP contribution in [0.4, 0.5) is 4.79 Å². The zero-order valence-corrected chi connectivity index (χ0v) is 11.0. The molecule has 8 nitrogen and oxygen atoms in total. The molecule has 1 aromatic carbocycles. The largest absolute Gasteiger partial charge is 0.480 e. The summed E-state index contributed by atoms with van der Waals surface area (Å²) in [5.41, 5.74) is 6.04. The van der Waals surface area contributed by atoms with Crippen molar-refractivity contribution in [2.45, 2.75) is 19.0 Å². The van der Waals surface area contributed by atoms with Crippen molar-refractivity contribution < 1.29 is 19.5 Å². The van der Waals surface area contributed by atoms with E-state index in [4.69, 9.17) is 16.1 Å². The molecular weight excluding hydrogens is 276 g/mol. The summed E-state index contributed by atoms with van der Waals surface area (Å²) in [6, 6.07) is 6.43. The van der Waals surface area contributed by atoms with Crippen LogP contribution in [0.5, 0.6) is 0 Å². The minimum absolute atomic E-state index is 0.115. The molecule has 1 atom stereocenters. The van der Waals surface area contributed by atoms with Gasteiger partial charge in [0.2, 0.25) is 5.91 Å². The van der Waals surface area contributed by atoms with Crippen molar-refractivity contribution in [1.29, 1.82) is 5.26 Å². The molecule has 0 saturated heterocycles. The van der Waals surface area contributed by atoms with Gasteiger partial charge >= 0.3 is 12.0 Å². The van der Waals surface area contributed by atoms with Crippen molar-refractivity contribution >= 4 is 17.9 Å². The van der Waals surface area contributed by atoms with Gasteiger partial charge in [-0.05, 0) is 17.7 Å². The number of hydrogen-bond donors (Lipinski definition) is 4. The number of nitrogens with two attached hydrogens (primary N) is 1. The molecule has 0 heterocycles. The lowest BCUT2D eigenvalue weighted by Crippen LogP contribution is -2.47. The Kier molecular flexibility index (Phi) is 5.70. The fraction of sp³-hybridized carbons (Fsp3) is 0.231. The number of benzene rings is 1. The number of hydrogen-bond acceptors (Lipinski definition) is 4. The number of carbonyl (C=O) groups excluding carboxylic acids is 2. The molecule has 1 aromatic rings. The molecule has 8 heteroatoms. The fourth-order valence-electron chi connectivity index (χ4n) is 1.54. The standard InChI is InChI=1S/C13H14N4O4/c14-6-8-2-1-3-9(4-8)7-16-13(21)17-10(12(19)20)5-11(15)18/h1-4,10H,5,7H2,(H2,15,18)(H,19,20)(H2,16,17,21)/t10-/m1/s1. The van der Waals surface area contributed by atoms with Gasteiger partial charge in [0.05, 0.1) is 18.1 Å². The van der Waals surface area contributed by atoms with Crippen molar-refractivity contribution in [2.75, 3.05) is 0 Å². The summed E-state index contributed by atoms with van der Waals surface area (Å²) in [6.45, 7) is 0.115. The topological polar surface area (TPSA) is 145 Å². The van der Waals surface area contributed by atoms with Crippen molar-refractivity contribution in [1.82, 2.24) is 10.6 Å². The lowest BCUT2D eigenvalue weighted by molar-refractivity contribution is -0.140. The lowest BCUT2D eigenvalue weighted by atomic mass is 10.1. The first-order chi connectivity index (χ1) is 9.92. The molecule has 0 radical (unpaired) electrons. The number of nitrogens with zero attached hydrogens (tertiary/aromatic N) is 1. The van der Waals surface area contributed by atoms with E-state index in [1.165, 1.54) is 0 Å². The maximum atomic E-state index is 11.6. The molecule has 0 bridgehead atoms. The highest BCUT2D eigenvalue weighted by Gasteiger charge is 2.21. The first-order valence-electron chi connectivity index (χ1n) is 5.97. The van der Waals surface area contributed by atoms with E-state index in [9.17, 15) is 14.4 Å². The van der Waals surface area contributed by atoms with Gasteiger partial charge in [0.25, 0.3) is 0 Å². The Labute approximate surface area is 120 Å². The number of carboxylic acids is 1. The van der Waals surface area contributed by atoms with Crippen LogP contribution in [0.3, 0.4) is 0 Å². The first-order valence-corrected chi connectivity index (χ1v) is 5.97. The number of aliphatic carboxylic acids is 1. The fourth-order valence-corrected chi connectivity index (χ4v) is 1.54. The monoisotopic (exact) mass is 290 g/mol. The Balaban J connectivity index is 2.54. The SMILES string of the molecule is N#Cc1cccc(CNC(=O)N[C@H](CC(N)=O)C(=O)O)c1. The molecule has 21 heavy (non-hydrogen) atoms. The van der Waals surface area contributed by atoms with E-state index in [1.807, 2.05) is 6.07 Å². The summed E-state index contributed by atoms with van der Waals surface area (Å²) in [6.07, 6.45) is -0.493. The van der Waals surface area contributed by atoms with E-state index in [1.54, 1.807) is 24.3 Å². The summed E-state index contributed by atoms with van der Waals surface area (Å²) in [4.78, 5) is 33.1. The Morgan fingerprint density at radius 1 is 1.38 bits per heavy atom. The van der Waals surface area contributed by atoms with Crippen LogP contribution in [0.1, 0.15) is 17.5 Å². The molecule has 0 fully saturated rings. The Bertz CT molecular complexity index is 594. The maximum Gasteiger partial charge on any atom is 0.326 e. The van der Waals surface area contributed by atoms with Crippen molar-refractivity contribution in [2.24, 2.45) is 5.73 Å². The Morgan fingerprint density at radius 2 is 2.10 bits per heavy atom. The predicted molar refractivity (Wildman–Crippen MR) is 71.8 cm³/mol. The minimum Gasteiger partial charge on any atom is -0.480 e. The molecule has 0 unspecified atom stereocenters. The predicted octanol–water partition coefficient (Wildman–Crippen LogP) is -0.314. The maximum absolute atomic E-state index is 11.6. The molecule has 0 aliphatic heterocycles. The molecule has 0 aliphatic carbocycles. The highest BCUT2D eigenvalue weighted by Crippen LogP contribution is 2.03. The number of amides is 3. The third kappa shape index (κ3) is 5.61. The summed E-state index contributed by atoms with van der Waals surface area (Å²) in [5.74, 6) is -2.18. The molecule has 110 valence electrons. The number of nitriles is 1. The summed E-state index contributed by atoms with van der Waals surface area (Å²) < 4.78 is 0. The van der Waals surface area contributed by atoms with Crippen LogP contribution in [0.25, 0.3) is 0 Å². The molecule has 0 aliphatic rings. The molecule has 3 amide bonds. The van der Waals surface area contributed by atoms with E-state index in [0.29, 0.717) is 11.1 Å². The average molecular weight is 290 g/mol. The van der Waals surface area contributed by atoms with E-state index < -0.39 is 30.4 Å². The molecule has 0 spiro atoms. The quantitative estimate of drug-likeness (QED) is 0.567. The van der Waals surface area contributed by atoms with E-state index in [0.717, 1.165) is 0 Å². The Hall–Kier alpha value is -3.08. The average Bonchev–Trinajstić information content (AvgIpc) is 2.44. The zero-order valence-electron chi connectivity index (χ0n) is 11.0. The van der Waals surface area contributed by atoms with Gasteiger partial charge in [-0.1, -0.05) is 12.1 Å². The van der Waals surface area contributed by atoms with Crippen molar-refractivity contribution in [3.63, 3.8) is 0 Å². The highest BCUT2D eigenvalue weighted by atomic mass is 16.4. The molecule has 0 saturated carbocycles. The normalized spacial score (nSPS) is 11.0. The molecule has 0 aromatic heterocycles. The number of primary amides is 1. The van der Waals surface area contributed by atoms with Gasteiger partial charge in [0, 0.05) is 6.54 Å². The highest BCUT2D eigenvalue weighted by molar-refractivity contribution is 5.87. The van der Waals surface area contributed by atoms with E-state index in [2.05, 4.69) is 10.6 Å².